The Balaban J connectivity index is 1.82. The number of carbonyl (C=O) groups is 1. The van der Waals surface area contributed by atoms with Gasteiger partial charge in [0.2, 0.25) is 5.91 Å². The molecule has 1 heterocycles. The van der Waals surface area contributed by atoms with Gasteiger partial charge in [0, 0.05) is 24.9 Å². The summed E-state index contributed by atoms with van der Waals surface area (Å²) in [6.45, 7) is 1.79. The molecule has 1 amide bonds. The van der Waals surface area contributed by atoms with E-state index in [0.29, 0.717) is 37.4 Å². The van der Waals surface area contributed by atoms with E-state index in [2.05, 4.69) is 10.6 Å². The van der Waals surface area contributed by atoms with Crippen LogP contribution in [0.2, 0.25) is 0 Å². The molecule has 198 valence electrons. The number of halogens is 7. The van der Waals surface area contributed by atoms with Gasteiger partial charge >= 0.3 is 12.4 Å². The molecular formula is C25H27ClF6N2O2. The molecule has 0 aliphatic carbocycles. The third-order valence-corrected chi connectivity index (χ3v) is 6.44. The lowest BCUT2D eigenvalue weighted by Crippen LogP contribution is -2.41. The first-order valence-electron chi connectivity index (χ1n) is 11.4. The minimum atomic E-state index is -4.94. The Bertz CT molecular complexity index is 999. The zero-order valence-electron chi connectivity index (χ0n) is 19.5. The zero-order valence-corrected chi connectivity index (χ0v) is 20.2. The fraction of sp³-hybridized carbons (Fsp3) is 0.480. The molecule has 2 aromatic carbocycles. The summed E-state index contributed by atoms with van der Waals surface area (Å²) in [5, 5.41) is 6.29. The highest BCUT2D eigenvalue weighted by Gasteiger charge is 2.42. The van der Waals surface area contributed by atoms with Crippen molar-refractivity contribution >= 4 is 17.5 Å². The van der Waals surface area contributed by atoms with Gasteiger partial charge < -0.3 is 15.4 Å². The predicted molar refractivity (Wildman–Crippen MR) is 123 cm³/mol. The van der Waals surface area contributed by atoms with Gasteiger partial charge in [0.15, 0.2) is 0 Å². The number of rotatable bonds is 9. The molecule has 1 saturated heterocycles. The van der Waals surface area contributed by atoms with Gasteiger partial charge in [-0.15, -0.1) is 11.6 Å². The number of carbonyl (C=O) groups excluding carboxylic acids is 1. The second-order valence-corrected chi connectivity index (χ2v) is 9.26. The number of hydrogen-bond donors (Lipinski definition) is 2. The summed E-state index contributed by atoms with van der Waals surface area (Å²) in [5.74, 6) is 0.214. The molecule has 2 aromatic rings. The number of hydrogen-bond acceptors (Lipinski definition) is 3. The highest BCUT2D eigenvalue weighted by molar-refractivity contribution is 6.17. The van der Waals surface area contributed by atoms with Crippen molar-refractivity contribution in [3.05, 3.63) is 70.8 Å². The summed E-state index contributed by atoms with van der Waals surface area (Å²) in [4.78, 5) is 12.2. The van der Waals surface area contributed by atoms with Crippen LogP contribution in [0.3, 0.4) is 0 Å². The van der Waals surface area contributed by atoms with Gasteiger partial charge in [-0.25, -0.2) is 0 Å². The first-order valence-corrected chi connectivity index (χ1v) is 11.9. The second-order valence-electron chi connectivity index (χ2n) is 8.88. The van der Waals surface area contributed by atoms with Crippen LogP contribution in [0.15, 0.2) is 48.5 Å². The van der Waals surface area contributed by atoms with Crippen molar-refractivity contribution in [1.82, 2.24) is 10.6 Å². The third kappa shape index (κ3) is 7.14. The fourth-order valence-electron chi connectivity index (χ4n) is 4.26. The van der Waals surface area contributed by atoms with Crippen molar-refractivity contribution in [1.29, 1.82) is 0 Å². The number of benzene rings is 2. The maximum Gasteiger partial charge on any atom is 0.416 e. The van der Waals surface area contributed by atoms with E-state index in [1.165, 1.54) is 6.92 Å². The lowest BCUT2D eigenvalue weighted by Gasteiger charge is -2.32. The largest absolute Gasteiger partial charge is 0.416 e. The number of nitrogens with one attached hydrogen (secondary N) is 2. The number of amides is 1. The van der Waals surface area contributed by atoms with E-state index >= 15 is 0 Å². The first-order chi connectivity index (χ1) is 16.8. The fourth-order valence-corrected chi connectivity index (χ4v) is 4.39. The normalized spacial score (nSPS) is 21.4. The van der Waals surface area contributed by atoms with E-state index in [9.17, 15) is 31.1 Å². The van der Waals surface area contributed by atoms with Crippen LogP contribution in [0.25, 0.3) is 0 Å². The van der Waals surface area contributed by atoms with Gasteiger partial charge in [0.25, 0.3) is 0 Å². The van der Waals surface area contributed by atoms with Gasteiger partial charge in [0.1, 0.15) is 0 Å². The Morgan fingerprint density at radius 1 is 1.11 bits per heavy atom. The molecular weight excluding hydrogens is 510 g/mol. The summed E-state index contributed by atoms with van der Waals surface area (Å²) >= 11 is 5.64. The van der Waals surface area contributed by atoms with Gasteiger partial charge in [0.05, 0.1) is 29.4 Å². The molecule has 0 unspecified atom stereocenters. The smallest absolute Gasteiger partial charge is 0.372 e. The molecule has 36 heavy (non-hydrogen) atoms. The van der Waals surface area contributed by atoms with Gasteiger partial charge in [-0.3, -0.25) is 4.79 Å². The molecule has 2 N–H and O–H groups in total. The summed E-state index contributed by atoms with van der Waals surface area (Å²) in [6, 6.07) is 10.4. The van der Waals surface area contributed by atoms with Crippen LogP contribution in [0, 0.1) is 0 Å². The van der Waals surface area contributed by atoms with Crippen LogP contribution in [0.1, 0.15) is 54.5 Å². The van der Waals surface area contributed by atoms with Crippen molar-refractivity contribution in [2.75, 3.05) is 19.0 Å². The molecule has 1 aliphatic rings. The van der Waals surface area contributed by atoms with Crippen LogP contribution in [0.5, 0.6) is 0 Å². The van der Waals surface area contributed by atoms with Crippen molar-refractivity contribution < 1.29 is 35.9 Å². The highest BCUT2D eigenvalue weighted by atomic mass is 35.5. The van der Waals surface area contributed by atoms with E-state index in [1.54, 1.807) is 0 Å². The molecule has 11 heteroatoms. The van der Waals surface area contributed by atoms with Crippen molar-refractivity contribution in [2.45, 2.75) is 56.2 Å². The van der Waals surface area contributed by atoms with Crippen molar-refractivity contribution in [3.8, 4) is 0 Å². The topological polar surface area (TPSA) is 50.4 Å². The Labute approximate surface area is 210 Å². The molecule has 0 saturated carbocycles. The zero-order chi connectivity index (χ0) is 26.6. The molecule has 4 nitrogen and oxygen atoms in total. The van der Waals surface area contributed by atoms with Crippen molar-refractivity contribution in [3.63, 3.8) is 0 Å². The number of ether oxygens (including phenoxy) is 1. The minimum absolute atomic E-state index is 0.0379. The minimum Gasteiger partial charge on any atom is -0.372 e. The van der Waals surface area contributed by atoms with Crippen LogP contribution in [-0.2, 0) is 27.4 Å². The first kappa shape index (κ1) is 28.3. The maximum atomic E-state index is 13.3. The number of alkyl halides is 7. The maximum absolute atomic E-state index is 13.3. The quantitative estimate of drug-likeness (QED) is 0.297. The summed E-state index contributed by atoms with van der Waals surface area (Å²) in [5.41, 5.74) is -2.98. The SMILES string of the molecule is C[C@@H](OC[C@@]1(c2ccccc2)C[C@H](NC(=O)CCCCl)CN1)c1cc(C(F)(F)F)cc(C(F)(F)F)c1. The summed E-state index contributed by atoms with van der Waals surface area (Å²) < 4.78 is 85.6. The van der Waals surface area contributed by atoms with E-state index < -0.39 is 35.1 Å². The lowest BCUT2D eigenvalue weighted by atomic mass is 9.88. The highest BCUT2D eigenvalue weighted by Crippen LogP contribution is 2.39. The van der Waals surface area contributed by atoms with E-state index in [4.69, 9.17) is 16.3 Å². The Morgan fingerprint density at radius 3 is 2.28 bits per heavy atom. The van der Waals surface area contributed by atoms with Gasteiger partial charge in [-0.05, 0) is 49.1 Å². The molecule has 3 rings (SSSR count). The summed E-state index contributed by atoms with van der Waals surface area (Å²) in [6.07, 6.45) is -9.70. The molecule has 0 radical (unpaired) electrons. The molecule has 0 bridgehead atoms. The lowest BCUT2D eigenvalue weighted by molar-refractivity contribution is -0.143. The Kier molecular flexibility index (Phi) is 8.95. The van der Waals surface area contributed by atoms with Crippen LogP contribution < -0.4 is 10.6 Å². The summed E-state index contributed by atoms with van der Waals surface area (Å²) in [7, 11) is 0. The predicted octanol–water partition coefficient (Wildman–Crippen LogP) is 6.19. The van der Waals surface area contributed by atoms with Gasteiger partial charge in [-0.2, -0.15) is 26.3 Å². The molecule has 1 fully saturated rings. The molecule has 1 aliphatic heterocycles. The van der Waals surface area contributed by atoms with Crippen LogP contribution in [0.4, 0.5) is 26.3 Å². The monoisotopic (exact) mass is 536 g/mol. The Hall–Kier alpha value is -2.30. The molecule has 0 aromatic heterocycles. The Morgan fingerprint density at radius 2 is 1.72 bits per heavy atom. The third-order valence-electron chi connectivity index (χ3n) is 6.17. The van der Waals surface area contributed by atoms with E-state index in [0.717, 1.165) is 5.56 Å². The average molecular weight is 537 g/mol. The average Bonchev–Trinajstić information content (AvgIpc) is 3.24. The van der Waals surface area contributed by atoms with E-state index in [-0.39, 0.29) is 36.6 Å². The van der Waals surface area contributed by atoms with E-state index in [1.807, 2.05) is 30.3 Å². The molecule has 3 atom stereocenters. The molecule has 0 spiro atoms. The van der Waals surface area contributed by atoms with Crippen molar-refractivity contribution in [2.24, 2.45) is 0 Å². The second kappa shape index (κ2) is 11.4. The standard InChI is InChI=1S/C25H27ClF6N2O2/c1-16(17-10-19(24(27,28)29)12-20(11-17)25(30,31)32)36-15-23(18-6-3-2-4-7-18)13-21(14-33-23)34-22(35)8-5-9-26/h2-4,6-7,10-12,16,21,33H,5,8-9,13-15H2,1H3,(H,34,35)/t16-,21+,23-/m1/s1. The van der Waals surface area contributed by atoms with Crippen LogP contribution >= 0.6 is 11.6 Å². The van der Waals surface area contributed by atoms with Crippen LogP contribution in [-0.4, -0.2) is 31.0 Å². The van der Waals surface area contributed by atoms with Gasteiger partial charge in [-0.1, -0.05) is 30.3 Å².